The van der Waals surface area contributed by atoms with Crippen LogP contribution in [0.1, 0.15) is 27.2 Å². The first-order valence-corrected chi connectivity index (χ1v) is 13.3. The van der Waals surface area contributed by atoms with Gasteiger partial charge in [0.25, 0.3) is 0 Å². The van der Waals surface area contributed by atoms with Crippen LogP contribution in [0.4, 0.5) is 10.1 Å². The normalized spacial score (nSPS) is 17.4. The lowest BCUT2D eigenvalue weighted by atomic mass is 10.0. The molecule has 0 unspecified atom stereocenters. The third-order valence-corrected chi connectivity index (χ3v) is 6.92. The standard InChI is InChI=1S/C23H33FN4O5S/c1-5-32-11-12-33-22-21(15-25-28(23(22)29)19-8-6-7-18(24)14-19)26-9-10-27(34(4,30)31)20(16-26)13-17(2)3/h6-8,14-15,17,20H,5,9-13,16H2,1-4H3/t20-/m0/s1. The van der Waals surface area contributed by atoms with Crippen LogP contribution in [0.5, 0.6) is 5.75 Å². The van der Waals surface area contributed by atoms with Crippen molar-refractivity contribution in [3.63, 3.8) is 0 Å². The SMILES string of the molecule is CCOCCOc1c(N2CCN(S(C)(=O)=O)[C@@H](CC(C)C)C2)cnn(-c2cccc(F)c2)c1=O. The summed E-state index contributed by atoms with van der Waals surface area (Å²) in [4.78, 5) is 15.3. The van der Waals surface area contributed by atoms with E-state index in [1.54, 1.807) is 6.07 Å². The maximum absolute atomic E-state index is 13.8. The number of sulfonamides is 1. The Morgan fingerprint density at radius 3 is 2.65 bits per heavy atom. The first-order chi connectivity index (χ1) is 16.1. The minimum absolute atomic E-state index is 0.0788. The predicted molar refractivity (Wildman–Crippen MR) is 129 cm³/mol. The summed E-state index contributed by atoms with van der Waals surface area (Å²) in [5, 5.41) is 4.28. The van der Waals surface area contributed by atoms with E-state index in [1.165, 1.54) is 35.0 Å². The first kappa shape index (κ1) is 26.1. The molecule has 2 heterocycles. The fourth-order valence-corrected chi connectivity index (χ4v) is 5.27. The molecule has 0 amide bonds. The summed E-state index contributed by atoms with van der Waals surface area (Å²) in [7, 11) is -3.37. The van der Waals surface area contributed by atoms with E-state index >= 15 is 0 Å². The summed E-state index contributed by atoms with van der Waals surface area (Å²) in [5.41, 5.74) is 0.243. The Morgan fingerprint density at radius 2 is 2.00 bits per heavy atom. The molecule has 11 heteroatoms. The molecule has 0 aliphatic carbocycles. The Balaban J connectivity index is 1.99. The molecule has 0 bridgehead atoms. The van der Waals surface area contributed by atoms with Gasteiger partial charge < -0.3 is 14.4 Å². The average Bonchev–Trinajstić information content (AvgIpc) is 2.76. The van der Waals surface area contributed by atoms with Gasteiger partial charge in [-0.1, -0.05) is 19.9 Å². The molecule has 1 aromatic heterocycles. The van der Waals surface area contributed by atoms with Gasteiger partial charge in [-0.15, -0.1) is 0 Å². The number of nitrogens with zero attached hydrogens (tertiary/aromatic N) is 4. The van der Waals surface area contributed by atoms with Gasteiger partial charge in [-0.25, -0.2) is 12.8 Å². The summed E-state index contributed by atoms with van der Waals surface area (Å²) in [6.45, 7) is 8.01. The van der Waals surface area contributed by atoms with Crippen molar-refractivity contribution in [2.75, 3.05) is 50.6 Å². The highest BCUT2D eigenvalue weighted by atomic mass is 32.2. The molecular weight excluding hydrogens is 463 g/mol. The highest BCUT2D eigenvalue weighted by molar-refractivity contribution is 7.88. The van der Waals surface area contributed by atoms with Gasteiger partial charge in [0.15, 0.2) is 0 Å². The lowest BCUT2D eigenvalue weighted by Crippen LogP contribution is -2.55. The molecule has 3 rings (SSSR count). The molecule has 1 aliphatic heterocycles. The molecule has 1 aliphatic rings. The number of anilines is 1. The van der Waals surface area contributed by atoms with Crippen LogP contribution in [0.2, 0.25) is 0 Å². The summed E-state index contributed by atoms with van der Waals surface area (Å²) in [5.74, 6) is -0.118. The van der Waals surface area contributed by atoms with Gasteiger partial charge in [0.2, 0.25) is 15.8 Å². The van der Waals surface area contributed by atoms with Gasteiger partial charge in [-0.3, -0.25) is 4.79 Å². The molecule has 1 aromatic carbocycles. The zero-order chi connectivity index (χ0) is 24.9. The lowest BCUT2D eigenvalue weighted by Gasteiger charge is -2.41. The van der Waals surface area contributed by atoms with Crippen LogP contribution < -0.4 is 15.2 Å². The van der Waals surface area contributed by atoms with E-state index in [0.717, 1.165) is 4.68 Å². The van der Waals surface area contributed by atoms with Crippen molar-refractivity contribution in [2.24, 2.45) is 5.92 Å². The smallest absolute Gasteiger partial charge is 0.316 e. The highest BCUT2D eigenvalue weighted by Gasteiger charge is 2.34. The third-order valence-electron chi connectivity index (χ3n) is 5.58. The Kier molecular flexibility index (Phi) is 8.67. The van der Waals surface area contributed by atoms with Crippen LogP contribution >= 0.6 is 0 Å². The summed E-state index contributed by atoms with van der Waals surface area (Å²) < 4.78 is 52.3. The monoisotopic (exact) mass is 496 g/mol. The minimum Gasteiger partial charge on any atom is -0.484 e. The van der Waals surface area contributed by atoms with Gasteiger partial charge in [0.1, 0.15) is 18.1 Å². The van der Waals surface area contributed by atoms with Crippen molar-refractivity contribution >= 4 is 15.7 Å². The van der Waals surface area contributed by atoms with E-state index in [4.69, 9.17) is 9.47 Å². The molecule has 1 atom stereocenters. The van der Waals surface area contributed by atoms with Gasteiger partial charge in [-0.05, 0) is 37.5 Å². The fourth-order valence-electron chi connectivity index (χ4n) is 4.16. The Morgan fingerprint density at radius 1 is 1.24 bits per heavy atom. The maximum atomic E-state index is 13.8. The number of piperazine rings is 1. The molecule has 0 saturated carbocycles. The fraction of sp³-hybridized carbons (Fsp3) is 0.565. The van der Waals surface area contributed by atoms with Gasteiger partial charge in [-0.2, -0.15) is 14.1 Å². The van der Waals surface area contributed by atoms with E-state index in [-0.39, 0.29) is 30.0 Å². The summed E-state index contributed by atoms with van der Waals surface area (Å²) >= 11 is 0. The second kappa shape index (κ2) is 11.3. The Bertz CT molecular complexity index is 1140. The van der Waals surface area contributed by atoms with Crippen molar-refractivity contribution < 1.29 is 22.3 Å². The number of aromatic nitrogens is 2. The van der Waals surface area contributed by atoms with Crippen molar-refractivity contribution in [2.45, 2.75) is 33.2 Å². The van der Waals surface area contributed by atoms with Crippen LogP contribution in [0.3, 0.4) is 0 Å². The zero-order valence-corrected chi connectivity index (χ0v) is 20.9. The maximum Gasteiger partial charge on any atom is 0.316 e. The average molecular weight is 497 g/mol. The van der Waals surface area contributed by atoms with Crippen LogP contribution in [-0.4, -0.2) is 74.3 Å². The van der Waals surface area contributed by atoms with Crippen LogP contribution in [0.15, 0.2) is 35.3 Å². The van der Waals surface area contributed by atoms with Gasteiger partial charge in [0.05, 0.1) is 24.7 Å². The number of hydrogen-bond acceptors (Lipinski definition) is 7. The zero-order valence-electron chi connectivity index (χ0n) is 20.1. The molecular formula is C23H33FN4O5S. The van der Waals surface area contributed by atoms with Gasteiger partial charge in [0, 0.05) is 32.3 Å². The summed E-state index contributed by atoms with van der Waals surface area (Å²) in [6, 6.07) is 5.36. The van der Waals surface area contributed by atoms with E-state index in [1.807, 2.05) is 25.7 Å². The topological polar surface area (TPSA) is 94.0 Å². The highest BCUT2D eigenvalue weighted by Crippen LogP contribution is 2.29. The molecule has 0 radical (unpaired) electrons. The first-order valence-electron chi connectivity index (χ1n) is 11.4. The second-order valence-corrected chi connectivity index (χ2v) is 10.6. The Hall–Kier alpha value is -2.50. The van der Waals surface area contributed by atoms with E-state index < -0.39 is 21.4 Å². The number of ether oxygens (including phenoxy) is 2. The van der Waals surface area contributed by atoms with Crippen LogP contribution in [-0.2, 0) is 14.8 Å². The molecule has 2 aromatic rings. The number of halogens is 1. The van der Waals surface area contributed by atoms with Crippen molar-refractivity contribution in [3.05, 3.63) is 46.6 Å². The number of hydrogen-bond donors (Lipinski definition) is 0. The van der Waals surface area contributed by atoms with Crippen LogP contribution in [0, 0.1) is 11.7 Å². The number of rotatable bonds is 10. The molecule has 188 valence electrons. The van der Waals surface area contributed by atoms with Crippen LogP contribution in [0.25, 0.3) is 5.69 Å². The molecule has 9 nitrogen and oxygen atoms in total. The molecule has 0 spiro atoms. The lowest BCUT2D eigenvalue weighted by molar-refractivity contribution is 0.109. The molecule has 1 saturated heterocycles. The third kappa shape index (κ3) is 6.34. The largest absolute Gasteiger partial charge is 0.484 e. The minimum atomic E-state index is -3.37. The Labute approximate surface area is 200 Å². The number of benzene rings is 1. The summed E-state index contributed by atoms with van der Waals surface area (Å²) in [6.07, 6.45) is 3.42. The van der Waals surface area contributed by atoms with E-state index in [0.29, 0.717) is 45.0 Å². The second-order valence-electron chi connectivity index (χ2n) is 8.70. The van der Waals surface area contributed by atoms with Gasteiger partial charge >= 0.3 is 5.56 Å². The van der Waals surface area contributed by atoms with E-state index in [2.05, 4.69) is 5.10 Å². The molecule has 34 heavy (non-hydrogen) atoms. The van der Waals surface area contributed by atoms with E-state index in [9.17, 15) is 17.6 Å². The molecule has 0 N–H and O–H groups in total. The van der Waals surface area contributed by atoms with Crippen molar-refractivity contribution in [1.29, 1.82) is 0 Å². The molecule has 1 fully saturated rings. The quantitative estimate of drug-likeness (QED) is 0.466. The van der Waals surface area contributed by atoms with Crippen molar-refractivity contribution in [3.8, 4) is 11.4 Å². The van der Waals surface area contributed by atoms with Crippen molar-refractivity contribution in [1.82, 2.24) is 14.1 Å². The predicted octanol–water partition coefficient (Wildman–Crippen LogP) is 2.28.